The molecule has 1 heterocycles. The van der Waals surface area contributed by atoms with Crippen molar-refractivity contribution in [2.75, 3.05) is 20.3 Å². The highest BCUT2D eigenvalue weighted by molar-refractivity contribution is 9.10. The zero-order chi connectivity index (χ0) is 24.1. The van der Waals surface area contributed by atoms with Crippen molar-refractivity contribution in [2.24, 2.45) is 0 Å². The first-order chi connectivity index (χ1) is 15.7. The van der Waals surface area contributed by atoms with E-state index in [9.17, 15) is 19.2 Å². The molecular weight excluding hydrogens is 514 g/mol. The molecule has 0 atom stereocenters. The number of ether oxygens (including phenoxy) is 3. The van der Waals surface area contributed by atoms with E-state index < -0.39 is 29.6 Å². The van der Waals surface area contributed by atoms with Crippen molar-refractivity contribution in [2.45, 2.75) is 13.8 Å². The predicted octanol–water partition coefficient (Wildman–Crippen LogP) is 4.58. The lowest BCUT2D eigenvalue weighted by Crippen LogP contribution is -2.34. The van der Waals surface area contributed by atoms with E-state index in [0.717, 1.165) is 22.2 Å². The third kappa shape index (κ3) is 5.82. The van der Waals surface area contributed by atoms with Crippen LogP contribution in [0.2, 0.25) is 0 Å². The lowest BCUT2D eigenvalue weighted by atomic mass is 10.1. The number of benzene rings is 2. The van der Waals surface area contributed by atoms with Crippen molar-refractivity contribution in [3.05, 3.63) is 62.5 Å². The SMILES string of the molecule is CCOC(=O)CN1C(=O)S/C(=C\c2cc(Br)c(OC(=O)c3ccc(C)cc3)c(OC)c2)C1=O. The van der Waals surface area contributed by atoms with Gasteiger partial charge >= 0.3 is 11.9 Å². The molecule has 0 N–H and O–H groups in total. The van der Waals surface area contributed by atoms with Gasteiger partial charge < -0.3 is 14.2 Å². The molecule has 33 heavy (non-hydrogen) atoms. The number of carbonyl (C=O) groups excluding carboxylic acids is 4. The molecule has 0 saturated carbocycles. The Morgan fingerprint density at radius 1 is 1.15 bits per heavy atom. The largest absolute Gasteiger partial charge is 0.493 e. The summed E-state index contributed by atoms with van der Waals surface area (Å²) in [6.45, 7) is 3.26. The Morgan fingerprint density at radius 2 is 1.85 bits per heavy atom. The van der Waals surface area contributed by atoms with Gasteiger partial charge in [0.1, 0.15) is 6.54 Å². The highest BCUT2D eigenvalue weighted by atomic mass is 79.9. The Bertz CT molecular complexity index is 1140. The maximum absolute atomic E-state index is 12.6. The summed E-state index contributed by atoms with van der Waals surface area (Å²) in [4.78, 5) is 49.9. The fourth-order valence-corrected chi connectivity index (χ4v) is 4.27. The number of rotatable bonds is 7. The summed E-state index contributed by atoms with van der Waals surface area (Å²) in [5.41, 5.74) is 1.92. The average Bonchev–Trinajstić information content (AvgIpc) is 3.03. The standard InChI is InChI=1S/C23H20BrNO7S/c1-4-31-19(26)12-25-21(27)18(33-23(25)29)11-14-9-16(24)20(17(10-14)30-3)32-22(28)15-7-5-13(2)6-8-15/h5-11H,4,12H2,1-3H3/b18-11-. The van der Waals surface area contributed by atoms with Gasteiger partial charge in [-0.3, -0.25) is 19.3 Å². The molecule has 172 valence electrons. The molecule has 0 aliphatic carbocycles. The number of amides is 2. The number of hydrogen-bond acceptors (Lipinski definition) is 8. The van der Waals surface area contributed by atoms with E-state index in [4.69, 9.17) is 14.2 Å². The second-order valence-corrected chi connectivity index (χ2v) is 8.71. The minimum atomic E-state index is -0.662. The molecule has 3 rings (SSSR count). The summed E-state index contributed by atoms with van der Waals surface area (Å²) in [6.07, 6.45) is 1.49. The lowest BCUT2D eigenvalue weighted by molar-refractivity contribution is -0.145. The van der Waals surface area contributed by atoms with Crippen molar-refractivity contribution in [3.8, 4) is 11.5 Å². The van der Waals surface area contributed by atoms with Crippen LogP contribution in [-0.2, 0) is 14.3 Å². The van der Waals surface area contributed by atoms with Crippen LogP contribution in [-0.4, -0.2) is 48.2 Å². The quantitative estimate of drug-likeness (QED) is 0.289. The number of imide groups is 1. The maximum atomic E-state index is 12.6. The highest BCUT2D eigenvalue weighted by Crippen LogP contribution is 2.39. The smallest absolute Gasteiger partial charge is 0.343 e. The normalized spacial score (nSPS) is 14.5. The second kappa shape index (κ2) is 10.7. The predicted molar refractivity (Wildman–Crippen MR) is 126 cm³/mol. The molecule has 0 aromatic heterocycles. The van der Waals surface area contributed by atoms with Gasteiger partial charge in [0.05, 0.1) is 28.7 Å². The summed E-state index contributed by atoms with van der Waals surface area (Å²) in [5.74, 6) is -1.38. The Hall–Kier alpha value is -3.11. The molecule has 1 saturated heterocycles. The summed E-state index contributed by atoms with van der Waals surface area (Å²) in [7, 11) is 1.42. The van der Waals surface area contributed by atoms with Crippen LogP contribution in [0.3, 0.4) is 0 Å². The van der Waals surface area contributed by atoms with E-state index in [0.29, 0.717) is 15.6 Å². The number of hydrogen-bond donors (Lipinski definition) is 0. The number of esters is 2. The molecule has 0 unspecified atom stereocenters. The van der Waals surface area contributed by atoms with Crippen LogP contribution in [0, 0.1) is 6.92 Å². The van der Waals surface area contributed by atoms with Crippen LogP contribution < -0.4 is 9.47 Å². The molecule has 1 aliphatic rings. The minimum Gasteiger partial charge on any atom is -0.493 e. The van der Waals surface area contributed by atoms with Crippen molar-refractivity contribution in [3.63, 3.8) is 0 Å². The maximum Gasteiger partial charge on any atom is 0.343 e. The molecule has 2 aromatic carbocycles. The molecule has 1 aliphatic heterocycles. The third-order valence-electron chi connectivity index (χ3n) is 4.50. The molecule has 0 radical (unpaired) electrons. The van der Waals surface area contributed by atoms with Crippen molar-refractivity contribution < 1.29 is 33.4 Å². The summed E-state index contributed by atoms with van der Waals surface area (Å²) >= 11 is 4.09. The van der Waals surface area contributed by atoms with Crippen LogP contribution in [0.25, 0.3) is 6.08 Å². The van der Waals surface area contributed by atoms with Crippen LogP contribution in [0.5, 0.6) is 11.5 Å². The zero-order valence-corrected chi connectivity index (χ0v) is 20.4. The van der Waals surface area contributed by atoms with Gasteiger partial charge in [0, 0.05) is 0 Å². The van der Waals surface area contributed by atoms with E-state index in [1.54, 1.807) is 43.3 Å². The molecular formula is C23H20BrNO7S. The monoisotopic (exact) mass is 533 g/mol. The number of halogens is 1. The van der Waals surface area contributed by atoms with E-state index in [2.05, 4.69) is 15.9 Å². The van der Waals surface area contributed by atoms with E-state index in [1.165, 1.54) is 13.2 Å². The molecule has 10 heteroatoms. The van der Waals surface area contributed by atoms with Crippen molar-refractivity contribution in [1.82, 2.24) is 4.90 Å². The van der Waals surface area contributed by atoms with E-state index in [1.807, 2.05) is 6.92 Å². The first kappa shape index (κ1) is 24.5. The third-order valence-corrected chi connectivity index (χ3v) is 5.99. The molecule has 2 aromatic rings. The fourth-order valence-electron chi connectivity index (χ4n) is 2.89. The van der Waals surface area contributed by atoms with Gasteiger partial charge in [-0.05, 0) is 77.4 Å². The van der Waals surface area contributed by atoms with Crippen LogP contribution in [0.4, 0.5) is 4.79 Å². The first-order valence-electron chi connectivity index (χ1n) is 9.80. The number of carbonyl (C=O) groups is 4. The van der Waals surface area contributed by atoms with Crippen LogP contribution >= 0.6 is 27.7 Å². The summed E-state index contributed by atoms with van der Waals surface area (Å²) < 4.78 is 16.1. The average molecular weight is 534 g/mol. The van der Waals surface area contributed by atoms with Crippen molar-refractivity contribution in [1.29, 1.82) is 0 Å². The number of aryl methyl sites for hydroxylation is 1. The Morgan fingerprint density at radius 3 is 2.48 bits per heavy atom. The fraction of sp³-hybridized carbons (Fsp3) is 0.217. The van der Waals surface area contributed by atoms with Gasteiger partial charge in [-0.2, -0.15) is 0 Å². The molecule has 1 fully saturated rings. The zero-order valence-electron chi connectivity index (χ0n) is 18.0. The van der Waals surface area contributed by atoms with Gasteiger partial charge in [0.25, 0.3) is 11.1 Å². The molecule has 2 amide bonds. The molecule has 0 spiro atoms. The Labute approximate surface area is 203 Å². The first-order valence-corrected chi connectivity index (χ1v) is 11.4. The van der Waals surface area contributed by atoms with Crippen LogP contribution in [0.15, 0.2) is 45.8 Å². The van der Waals surface area contributed by atoms with E-state index in [-0.39, 0.29) is 23.0 Å². The van der Waals surface area contributed by atoms with Gasteiger partial charge in [0.2, 0.25) is 0 Å². The molecule has 0 bridgehead atoms. The van der Waals surface area contributed by atoms with Gasteiger partial charge in [-0.15, -0.1) is 0 Å². The van der Waals surface area contributed by atoms with Crippen LogP contribution in [0.1, 0.15) is 28.4 Å². The summed E-state index contributed by atoms with van der Waals surface area (Å²) in [6, 6.07) is 10.1. The number of methoxy groups -OCH3 is 1. The minimum absolute atomic E-state index is 0.141. The topological polar surface area (TPSA) is 99.2 Å². The number of thioether (sulfide) groups is 1. The summed E-state index contributed by atoms with van der Waals surface area (Å²) in [5, 5.41) is -0.561. The second-order valence-electron chi connectivity index (χ2n) is 6.86. The van der Waals surface area contributed by atoms with Crippen molar-refractivity contribution >= 4 is 56.9 Å². The van der Waals surface area contributed by atoms with Gasteiger partial charge in [-0.1, -0.05) is 17.7 Å². The van der Waals surface area contributed by atoms with Gasteiger partial charge in [0.15, 0.2) is 11.5 Å². The Balaban J connectivity index is 1.83. The molecule has 8 nitrogen and oxygen atoms in total. The Kier molecular flexibility index (Phi) is 7.93. The lowest BCUT2D eigenvalue weighted by Gasteiger charge is -2.13. The van der Waals surface area contributed by atoms with E-state index >= 15 is 0 Å². The number of nitrogens with zero attached hydrogens (tertiary/aromatic N) is 1. The van der Waals surface area contributed by atoms with Gasteiger partial charge in [-0.25, -0.2) is 4.79 Å². The highest BCUT2D eigenvalue weighted by Gasteiger charge is 2.36.